The number of hydrogen-bond acceptors (Lipinski definition) is 5. The van der Waals surface area contributed by atoms with Gasteiger partial charge in [0.2, 0.25) is 0 Å². The molecule has 8 heteroatoms. The summed E-state index contributed by atoms with van der Waals surface area (Å²) in [4.78, 5) is 34.1. The van der Waals surface area contributed by atoms with Gasteiger partial charge in [0.25, 0.3) is 17.2 Å². The van der Waals surface area contributed by atoms with Gasteiger partial charge in [0.1, 0.15) is 0 Å². The van der Waals surface area contributed by atoms with Gasteiger partial charge in [-0.3, -0.25) is 19.7 Å². The zero-order valence-corrected chi connectivity index (χ0v) is 14.7. The second kappa shape index (κ2) is 7.20. The van der Waals surface area contributed by atoms with Gasteiger partial charge in [-0.05, 0) is 37.3 Å². The number of aromatic nitrogens is 2. The minimum absolute atomic E-state index is 0.0272. The van der Waals surface area contributed by atoms with Crippen molar-refractivity contribution in [3.8, 4) is 11.3 Å². The number of hydrogen-bond donors (Lipinski definition) is 1. The van der Waals surface area contributed by atoms with Crippen LogP contribution in [0.25, 0.3) is 11.3 Å². The molecular weight excluding hydrogens is 348 g/mol. The van der Waals surface area contributed by atoms with E-state index in [1.54, 1.807) is 44.3 Å². The molecule has 0 unspecified atom stereocenters. The van der Waals surface area contributed by atoms with Crippen LogP contribution in [0.1, 0.15) is 15.9 Å². The van der Waals surface area contributed by atoms with E-state index in [0.29, 0.717) is 22.5 Å². The van der Waals surface area contributed by atoms with Crippen molar-refractivity contribution >= 4 is 17.3 Å². The Morgan fingerprint density at radius 2 is 1.81 bits per heavy atom. The molecule has 2 aromatic carbocycles. The highest BCUT2D eigenvalue weighted by Gasteiger charge is 2.14. The minimum atomic E-state index is -0.483. The molecule has 1 amide bonds. The number of anilines is 1. The third-order valence-electron chi connectivity index (χ3n) is 4.05. The Hall–Kier alpha value is -3.81. The summed E-state index contributed by atoms with van der Waals surface area (Å²) >= 11 is 0. The number of nitrogens with one attached hydrogen (secondary N) is 1. The third-order valence-corrected chi connectivity index (χ3v) is 4.05. The summed E-state index contributed by atoms with van der Waals surface area (Å²) in [5.74, 6) is -0.360. The Morgan fingerprint density at radius 3 is 2.41 bits per heavy atom. The average Bonchev–Trinajstić information content (AvgIpc) is 2.64. The molecule has 136 valence electrons. The van der Waals surface area contributed by atoms with Gasteiger partial charge in [0.05, 0.1) is 10.6 Å². The van der Waals surface area contributed by atoms with Crippen molar-refractivity contribution in [3.63, 3.8) is 0 Å². The van der Waals surface area contributed by atoms with E-state index in [2.05, 4.69) is 10.4 Å². The number of amides is 1. The van der Waals surface area contributed by atoms with Crippen LogP contribution in [0.2, 0.25) is 0 Å². The van der Waals surface area contributed by atoms with Gasteiger partial charge in [-0.15, -0.1) is 0 Å². The number of carbonyl (C=O) groups excluding carboxylic acids is 1. The van der Waals surface area contributed by atoms with Crippen molar-refractivity contribution in [2.24, 2.45) is 7.05 Å². The lowest BCUT2D eigenvalue weighted by atomic mass is 10.1. The van der Waals surface area contributed by atoms with Gasteiger partial charge < -0.3 is 5.32 Å². The minimum Gasteiger partial charge on any atom is -0.322 e. The summed E-state index contributed by atoms with van der Waals surface area (Å²) in [5, 5.41) is 17.8. The summed E-state index contributed by atoms with van der Waals surface area (Å²) in [7, 11) is 1.58. The van der Waals surface area contributed by atoms with E-state index in [1.165, 1.54) is 28.9 Å². The lowest BCUT2D eigenvalue weighted by Gasteiger charge is -2.08. The first-order chi connectivity index (χ1) is 12.8. The maximum absolute atomic E-state index is 12.4. The summed E-state index contributed by atoms with van der Waals surface area (Å²) in [6.45, 7) is 1.59. The Morgan fingerprint density at radius 1 is 1.11 bits per heavy atom. The molecule has 0 radical (unpaired) electrons. The number of carbonyl (C=O) groups is 1. The van der Waals surface area contributed by atoms with Crippen LogP contribution < -0.4 is 10.9 Å². The molecule has 0 aliphatic rings. The number of nitrogens with zero attached hydrogens (tertiary/aromatic N) is 3. The van der Waals surface area contributed by atoms with Gasteiger partial charge >= 0.3 is 0 Å². The summed E-state index contributed by atoms with van der Waals surface area (Å²) in [6, 6.07) is 14.3. The first-order valence-electron chi connectivity index (χ1n) is 8.06. The van der Waals surface area contributed by atoms with Crippen LogP contribution in [-0.2, 0) is 7.05 Å². The Bertz CT molecular complexity index is 1090. The van der Waals surface area contributed by atoms with E-state index in [9.17, 15) is 19.7 Å². The normalized spacial score (nSPS) is 10.4. The number of aryl methyl sites for hydroxylation is 2. The Balaban J connectivity index is 1.77. The molecule has 27 heavy (non-hydrogen) atoms. The van der Waals surface area contributed by atoms with Crippen molar-refractivity contribution in [1.82, 2.24) is 9.78 Å². The largest absolute Gasteiger partial charge is 0.322 e. The van der Waals surface area contributed by atoms with Crippen LogP contribution in [0, 0.1) is 17.0 Å². The third kappa shape index (κ3) is 3.90. The molecule has 1 aromatic heterocycles. The smallest absolute Gasteiger partial charge is 0.272 e. The van der Waals surface area contributed by atoms with Gasteiger partial charge in [0, 0.05) is 41.6 Å². The fourth-order valence-electron chi connectivity index (χ4n) is 2.59. The Kier molecular flexibility index (Phi) is 4.80. The van der Waals surface area contributed by atoms with Crippen LogP contribution in [0.4, 0.5) is 11.4 Å². The van der Waals surface area contributed by atoms with E-state index in [1.807, 2.05) is 0 Å². The summed E-state index contributed by atoms with van der Waals surface area (Å²) in [5.41, 5.74) is 2.55. The molecule has 0 aliphatic heterocycles. The van der Waals surface area contributed by atoms with Crippen molar-refractivity contribution in [3.05, 3.63) is 86.2 Å². The lowest BCUT2D eigenvalue weighted by molar-refractivity contribution is -0.385. The van der Waals surface area contributed by atoms with E-state index >= 15 is 0 Å². The molecule has 0 saturated carbocycles. The highest BCUT2D eigenvalue weighted by molar-refractivity contribution is 6.04. The fourth-order valence-corrected chi connectivity index (χ4v) is 2.59. The molecule has 0 bridgehead atoms. The molecule has 0 atom stereocenters. The zero-order valence-electron chi connectivity index (χ0n) is 14.7. The maximum Gasteiger partial charge on any atom is 0.272 e. The highest BCUT2D eigenvalue weighted by atomic mass is 16.6. The topological polar surface area (TPSA) is 107 Å². The number of nitro benzene ring substituents is 1. The summed E-state index contributed by atoms with van der Waals surface area (Å²) in [6.07, 6.45) is 0. The van der Waals surface area contributed by atoms with Gasteiger partial charge in [-0.25, -0.2) is 4.68 Å². The van der Waals surface area contributed by atoms with Crippen molar-refractivity contribution < 1.29 is 9.72 Å². The standard InChI is InChI=1S/C19H16N4O4/c1-12-11-14(5-9-17(12)23(26)27)19(25)20-15-6-3-13(4-7-15)16-8-10-18(24)22(2)21-16/h3-11H,1-2H3,(H,20,25). The molecule has 1 heterocycles. The first kappa shape index (κ1) is 18.0. The van der Waals surface area contributed by atoms with Gasteiger partial charge in [0.15, 0.2) is 0 Å². The SMILES string of the molecule is Cc1cc(C(=O)Nc2ccc(-c3ccc(=O)n(C)n3)cc2)ccc1[N+](=O)[O-]. The van der Waals surface area contributed by atoms with E-state index in [4.69, 9.17) is 0 Å². The maximum atomic E-state index is 12.4. The molecule has 3 aromatic rings. The zero-order chi connectivity index (χ0) is 19.6. The second-order valence-corrected chi connectivity index (χ2v) is 5.97. The number of rotatable bonds is 4. The van der Waals surface area contributed by atoms with E-state index in [0.717, 1.165) is 5.56 Å². The highest BCUT2D eigenvalue weighted by Crippen LogP contribution is 2.21. The van der Waals surface area contributed by atoms with E-state index in [-0.39, 0.29) is 17.2 Å². The average molecular weight is 364 g/mol. The van der Waals surface area contributed by atoms with Crippen molar-refractivity contribution in [2.75, 3.05) is 5.32 Å². The molecule has 0 spiro atoms. The van der Waals surface area contributed by atoms with Gasteiger partial charge in [-0.1, -0.05) is 12.1 Å². The molecule has 0 aliphatic carbocycles. The second-order valence-electron chi connectivity index (χ2n) is 5.97. The molecule has 0 fully saturated rings. The van der Waals surface area contributed by atoms with Crippen LogP contribution in [0.3, 0.4) is 0 Å². The first-order valence-corrected chi connectivity index (χ1v) is 8.06. The van der Waals surface area contributed by atoms with Crippen molar-refractivity contribution in [2.45, 2.75) is 6.92 Å². The van der Waals surface area contributed by atoms with Crippen molar-refractivity contribution in [1.29, 1.82) is 0 Å². The predicted octanol–water partition coefficient (Wildman–Crippen LogP) is 2.92. The van der Waals surface area contributed by atoms with Crippen LogP contribution >= 0.6 is 0 Å². The summed E-state index contributed by atoms with van der Waals surface area (Å²) < 4.78 is 1.25. The van der Waals surface area contributed by atoms with Crippen LogP contribution in [0.15, 0.2) is 59.4 Å². The molecule has 1 N–H and O–H groups in total. The molecular formula is C19H16N4O4. The quantitative estimate of drug-likeness (QED) is 0.566. The number of benzene rings is 2. The lowest BCUT2D eigenvalue weighted by Crippen LogP contribution is -2.18. The molecule has 8 nitrogen and oxygen atoms in total. The van der Waals surface area contributed by atoms with Crippen LogP contribution in [-0.4, -0.2) is 20.6 Å². The molecule has 0 saturated heterocycles. The van der Waals surface area contributed by atoms with E-state index < -0.39 is 4.92 Å². The Labute approximate surface area is 154 Å². The van der Waals surface area contributed by atoms with Crippen LogP contribution in [0.5, 0.6) is 0 Å². The number of nitro groups is 1. The predicted molar refractivity (Wildman–Crippen MR) is 101 cm³/mol. The fraction of sp³-hybridized carbons (Fsp3) is 0.105. The monoisotopic (exact) mass is 364 g/mol. The molecule has 3 rings (SSSR count). The van der Waals surface area contributed by atoms with Gasteiger partial charge in [-0.2, -0.15) is 5.10 Å².